The molecule has 0 amide bonds. The van der Waals surface area contributed by atoms with Gasteiger partial charge in [-0.3, -0.25) is 4.98 Å². The van der Waals surface area contributed by atoms with E-state index in [1.807, 2.05) is 24.4 Å². The van der Waals surface area contributed by atoms with Gasteiger partial charge in [0, 0.05) is 31.9 Å². The summed E-state index contributed by atoms with van der Waals surface area (Å²) in [5.74, 6) is 0. The van der Waals surface area contributed by atoms with Crippen LogP contribution in [0.3, 0.4) is 0 Å². The van der Waals surface area contributed by atoms with Crippen molar-refractivity contribution in [3.8, 4) is 6.07 Å². The summed E-state index contributed by atoms with van der Waals surface area (Å²) in [6.45, 7) is 4.99. The molecule has 2 aromatic rings. The standard InChI is InChI=1S/C18H20ClN5/c1-2-24(16-9-17(19)18(10-20)22-12-16)15-6-4-8-23(13-15)14-5-3-7-21-11-14/h3,5,7,9,11-12,15H,2,4,6,8,13H2,1H3. The van der Waals surface area contributed by atoms with Crippen LogP contribution in [-0.4, -0.2) is 35.6 Å². The molecule has 1 atom stereocenters. The van der Waals surface area contributed by atoms with Gasteiger partial charge in [0.25, 0.3) is 0 Å². The molecule has 5 nitrogen and oxygen atoms in total. The summed E-state index contributed by atoms with van der Waals surface area (Å²) in [4.78, 5) is 13.1. The van der Waals surface area contributed by atoms with Crippen LogP contribution in [0.25, 0.3) is 0 Å². The summed E-state index contributed by atoms with van der Waals surface area (Å²) >= 11 is 6.16. The van der Waals surface area contributed by atoms with E-state index < -0.39 is 0 Å². The molecule has 1 aliphatic rings. The maximum atomic E-state index is 8.99. The number of piperidine rings is 1. The van der Waals surface area contributed by atoms with E-state index in [-0.39, 0.29) is 5.69 Å². The number of nitriles is 1. The average molecular weight is 342 g/mol. The van der Waals surface area contributed by atoms with Gasteiger partial charge in [-0.2, -0.15) is 5.26 Å². The predicted octanol–water partition coefficient (Wildman–Crippen LogP) is 3.50. The minimum Gasteiger partial charge on any atom is -0.368 e. The Kier molecular flexibility index (Phi) is 5.17. The number of rotatable bonds is 4. The van der Waals surface area contributed by atoms with Gasteiger partial charge in [0.05, 0.1) is 28.8 Å². The van der Waals surface area contributed by atoms with E-state index in [0.717, 1.165) is 43.9 Å². The Labute approximate surface area is 147 Å². The molecule has 2 aromatic heterocycles. The van der Waals surface area contributed by atoms with E-state index in [1.54, 1.807) is 12.4 Å². The second-order valence-corrected chi connectivity index (χ2v) is 6.28. The van der Waals surface area contributed by atoms with Crippen LogP contribution in [0.2, 0.25) is 5.02 Å². The summed E-state index contributed by atoms with van der Waals surface area (Å²) in [6.07, 6.45) is 7.72. The lowest BCUT2D eigenvalue weighted by Crippen LogP contribution is -2.48. The van der Waals surface area contributed by atoms with Crippen molar-refractivity contribution in [3.05, 3.63) is 47.5 Å². The van der Waals surface area contributed by atoms with Gasteiger partial charge in [-0.05, 0) is 38.0 Å². The highest BCUT2D eigenvalue weighted by atomic mass is 35.5. The SMILES string of the molecule is CCN(c1cnc(C#N)c(Cl)c1)C1CCCN(c2cccnc2)C1. The zero-order valence-electron chi connectivity index (χ0n) is 13.7. The minimum absolute atomic E-state index is 0.275. The quantitative estimate of drug-likeness (QED) is 0.852. The molecule has 1 aliphatic heterocycles. The lowest BCUT2D eigenvalue weighted by Gasteiger charge is -2.41. The number of halogens is 1. The van der Waals surface area contributed by atoms with Gasteiger partial charge < -0.3 is 9.80 Å². The van der Waals surface area contributed by atoms with Crippen molar-refractivity contribution in [1.29, 1.82) is 5.26 Å². The van der Waals surface area contributed by atoms with Crippen molar-refractivity contribution < 1.29 is 0 Å². The largest absolute Gasteiger partial charge is 0.368 e. The maximum Gasteiger partial charge on any atom is 0.159 e. The second-order valence-electron chi connectivity index (χ2n) is 5.88. The zero-order valence-corrected chi connectivity index (χ0v) is 14.4. The van der Waals surface area contributed by atoms with Crippen molar-refractivity contribution >= 4 is 23.0 Å². The third kappa shape index (κ3) is 3.44. The molecule has 124 valence electrons. The Hall–Kier alpha value is -2.32. The lowest BCUT2D eigenvalue weighted by atomic mass is 10.0. The van der Waals surface area contributed by atoms with Gasteiger partial charge in [0.2, 0.25) is 0 Å². The number of pyridine rings is 2. The van der Waals surface area contributed by atoms with Gasteiger partial charge in [0.1, 0.15) is 6.07 Å². The Morgan fingerprint density at radius 1 is 1.46 bits per heavy atom. The van der Waals surface area contributed by atoms with Crippen LogP contribution in [0.5, 0.6) is 0 Å². The molecule has 0 aromatic carbocycles. The van der Waals surface area contributed by atoms with E-state index in [2.05, 4.69) is 32.8 Å². The highest BCUT2D eigenvalue weighted by molar-refractivity contribution is 6.31. The molecule has 1 saturated heterocycles. The van der Waals surface area contributed by atoms with Gasteiger partial charge in [-0.1, -0.05) is 11.6 Å². The topological polar surface area (TPSA) is 56.1 Å². The van der Waals surface area contributed by atoms with Crippen molar-refractivity contribution in [2.24, 2.45) is 0 Å². The smallest absolute Gasteiger partial charge is 0.159 e. The fraction of sp³-hybridized carbons (Fsp3) is 0.389. The van der Waals surface area contributed by atoms with Crippen molar-refractivity contribution in [2.45, 2.75) is 25.8 Å². The van der Waals surface area contributed by atoms with E-state index in [1.165, 1.54) is 0 Å². The molecule has 0 saturated carbocycles. The first-order valence-electron chi connectivity index (χ1n) is 8.20. The molecular weight excluding hydrogens is 322 g/mol. The molecule has 1 fully saturated rings. The monoisotopic (exact) mass is 341 g/mol. The molecule has 0 aliphatic carbocycles. The number of anilines is 2. The molecular formula is C18H20ClN5. The molecule has 0 bridgehead atoms. The van der Waals surface area contributed by atoms with Crippen LogP contribution < -0.4 is 9.80 Å². The summed E-state index contributed by atoms with van der Waals surface area (Å²) in [7, 11) is 0. The molecule has 1 unspecified atom stereocenters. The van der Waals surface area contributed by atoms with Gasteiger partial charge >= 0.3 is 0 Å². The number of aromatic nitrogens is 2. The predicted molar refractivity (Wildman–Crippen MR) is 96.5 cm³/mol. The Morgan fingerprint density at radius 3 is 3.00 bits per heavy atom. The first-order chi connectivity index (χ1) is 11.7. The Balaban J connectivity index is 1.80. The van der Waals surface area contributed by atoms with Crippen LogP contribution in [0.4, 0.5) is 11.4 Å². The molecule has 3 rings (SSSR count). The number of hydrogen-bond acceptors (Lipinski definition) is 5. The van der Waals surface area contributed by atoms with Crippen LogP contribution in [0, 0.1) is 11.3 Å². The summed E-state index contributed by atoms with van der Waals surface area (Å²) in [5, 5.41) is 9.40. The number of hydrogen-bond donors (Lipinski definition) is 0. The van der Waals surface area contributed by atoms with Crippen LogP contribution in [0.1, 0.15) is 25.5 Å². The summed E-state index contributed by atoms with van der Waals surface area (Å²) in [5.41, 5.74) is 2.41. The molecule has 24 heavy (non-hydrogen) atoms. The summed E-state index contributed by atoms with van der Waals surface area (Å²) < 4.78 is 0. The fourth-order valence-electron chi connectivity index (χ4n) is 3.30. The fourth-order valence-corrected chi connectivity index (χ4v) is 3.51. The molecule has 0 radical (unpaired) electrons. The lowest BCUT2D eigenvalue weighted by molar-refractivity contribution is 0.475. The molecule has 3 heterocycles. The van der Waals surface area contributed by atoms with Crippen LogP contribution >= 0.6 is 11.6 Å². The van der Waals surface area contributed by atoms with E-state index in [9.17, 15) is 0 Å². The number of nitrogens with zero attached hydrogens (tertiary/aromatic N) is 5. The minimum atomic E-state index is 0.275. The van der Waals surface area contributed by atoms with E-state index in [4.69, 9.17) is 16.9 Å². The van der Waals surface area contributed by atoms with Crippen molar-refractivity contribution in [1.82, 2.24) is 9.97 Å². The first-order valence-corrected chi connectivity index (χ1v) is 8.58. The van der Waals surface area contributed by atoms with Crippen LogP contribution in [0.15, 0.2) is 36.8 Å². The maximum absolute atomic E-state index is 8.99. The third-order valence-corrected chi connectivity index (χ3v) is 4.74. The van der Waals surface area contributed by atoms with Gasteiger partial charge in [-0.15, -0.1) is 0 Å². The van der Waals surface area contributed by atoms with Crippen LogP contribution in [-0.2, 0) is 0 Å². The first kappa shape index (κ1) is 16.5. The van der Waals surface area contributed by atoms with Crippen molar-refractivity contribution in [2.75, 3.05) is 29.4 Å². The van der Waals surface area contributed by atoms with Gasteiger partial charge in [-0.25, -0.2) is 4.98 Å². The van der Waals surface area contributed by atoms with E-state index in [0.29, 0.717) is 11.1 Å². The van der Waals surface area contributed by atoms with Gasteiger partial charge in [0.15, 0.2) is 5.69 Å². The highest BCUT2D eigenvalue weighted by Gasteiger charge is 2.25. The Morgan fingerprint density at radius 2 is 2.33 bits per heavy atom. The van der Waals surface area contributed by atoms with Crippen molar-refractivity contribution in [3.63, 3.8) is 0 Å². The zero-order chi connectivity index (χ0) is 16.9. The third-order valence-electron chi connectivity index (χ3n) is 4.45. The number of likely N-dealkylation sites (N-methyl/N-ethyl adjacent to an activating group) is 1. The molecule has 6 heteroatoms. The average Bonchev–Trinajstić information content (AvgIpc) is 2.63. The van der Waals surface area contributed by atoms with E-state index >= 15 is 0 Å². The molecule has 0 spiro atoms. The highest BCUT2D eigenvalue weighted by Crippen LogP contribution is 2.27. The molecule has 0 N–H and O–H groups in total. The Bertz CT molecular complexity index is 728. The normalized spacial score (nSPS) is 17.4. The summed E-state index contributed by atoms with van der Waals surface area (Å²) in [6, 6.07) is 8.32. The second kappa shape index (κ2) is 7.50.